The first-order valence-corrected chi connectivity index (χ1v) is 10.3. The molecule has 1 aromatic carbocycles. The van der Waals surface area contributed by atoms with Crippen molar-refractivity contribution in [1.29, 1.82) is 0 Å². The number of carbonyl (C=O) groups is 1. The molecule has 0 aliphatic carbocycles. The molecule has 0 spiro atoms. The topological polar surface area (TPSA) is 75.3 Å². The number of hydrogen-bond donors (Lipinski definition) is 2. The Kier molecular flexibility index (Phi) is 4.75. The number of hydrogen-bond acceptors (Lipinski definition) is 5. The van der Waals surface area contributed by atoms with Gasteiger partial charge in [-0.2, -0.15) is 11.8 Å². The van der Waals surface area contributed by atoms with Gasteiger partial charge in [0.15, 0.2) is 9.84 Å². The van der Waals surface area contributed by atoms with Crippen molar-refractivity contribution in [2.75, 3.05) is 23.8 Å². The van der Waals surface area contributed by atoms with Gasteiger partial charge < -0.3 is 10.6 Å². The summed E-state index contributed by atoms with van der Waals surface area (Å²) >= 11 is 1.86. The zero-order valence-electron chi connectivity index (χ0n) is 12.2. The fourth-order valence-electron chi connectivity index (χ4n) is 2.97. The van der Waals surface area contributed by atoms with Gasteiger partial charge in [-0.3, -0.25) is 4.79 Å². The van der Waals surface area contributed by atoms with Crippen molar-refractivity contribution in [2.45, 2.75) is 29.8 Å². The Morgan fingerprint density at radius 3 is 2.95 bits per heavy atom. The Morgan fingerprint density at radius 1 is 1.36 bits per heavy atom. The third kappa shape index (κ3) is 3.47. The molecule has 120 valence electrons. The van der Waals surface area contributed by atoms with E-state index in [-0.39, 0.29) is 23.7 Å². The zero-order chi connectivity index (χ0) is 15.6. The minimum absolute atomic E-state index is 0.0147. The second-order valence-electron chi connectivity index (χ2n) is 5.70. The monoisotopic (exact) mass is 340 g/mol. The maximum atomic E-state index is 12.2. The lowest BCUT2D eigenvalue weighted by atomic mass is 10.0. The minimum Gasteiger partial charge on any atom is -0.349 e. The third-order valence-electron chi connectivity index (χ3n) is 4.07. The van der Waals surface area contributed by atoms with E-state index in [0.717, 1.165) is 18.1 Å². The summed E-state index contributed by atoms with van der Waals surface area (Å²) in [7, 11) is -3.20. The van der Waals surface area contributed by atoms with Gasteiger partial charge in [-0.05, 0) is 18.1 Å². The van der Waals surface area contributed by atoms with Gasteiger partial charge in [0.05, 0.1) is 16.7 Å². The van der Waals surface area contributed by atoms with Crippen LogP contribution in [0, 0.1) is 0 Å². The van der Waals surface area contributed by atoms with Crippen LogP contribution in [0.1, 0.15) is 24.4 Å². The Balaban J connectivity index is 1.69. The summed E-state index contributed by atoms with van der Waals surface area (Å²) in [6, 6.07) is 6.97. The second kappa shape index (κ2) is 6.60. The Morgan fingerprint density at radius 2 is 2.18 bits per heavy atom. The van der Waals surface area contributed by atoms with Crippen LogP contribution in [0.15, 0.2) is 29.2 Å². The summed E-state index contributed by atoms with van der Waals surface area (Å²) < 4.78 is 24.2. The first-order valence-electron chi connectivity index (χ1n) is 7.48. The van der Waals surface area contributed by atoms with Crippen molar-refractivity contribution in [1.82, 2.24) is 10.6 Å². The number of carbonyl (C=O) groups excluding carboxylic acids is 1. The molecule has 2 aliphatic rings. The first kappa shape index (κ1) is 15.8. The van der Waals surface area contributed by atoms with Crippen LogP contribution in [0.3, 0.4) is 0 Å². The third-order valence-corrected chi connectivity index (χ3v) is 7.02. The molecule has 2 atom stereocenters. The van der Waals surface area contributed by atoms with Crippen molar-refractivity contribution in [2.24, 2.45) is 0 Å². The molecule has 0 aromatic heterocycles. The lowest BCUT2D eigenvalue weighted by Gasteiger charge is -2.28. The number of rotatable bonds is 3. The van der Waals surface area contributed by atoms with Crippen molar-refractivity contribution in [3.05, 3.63) is 29.8 Å². The Hall–Kier alpha value is -1.05. The lowest BCUT2D eigenvalue weighted by Crippen LogP contribution is -2.42. The molecule has 0 bridgehead atoms. The molecule has 0 radical (unpaired) electrons. The average molecular weight is 340 g/mol. The quantitative estimate of drug-likeness (QED) is 0.862. The zero-order valence-corrected chi connectivity index (χ0v) is 13.9. The normalized spacial score (nSPS) is 26.9. The highest BCUT2D eigenvalue weighted by Gasteiger charge is 2.31. The van der Waals surface area contributed by atoms with E-state index in [1.165, 1.54) is 0 Å². The number of fused-ring (bicyclic) bond motifs is 1. The van der Waals surface area contributed by atoms with Gasteiger partial charge in [0.25, 0.3) is 0 Å². The van der Waals surface area contributed by atoms with Crippen LogP contribution in [0.25, 0.3) is 0 Å². The maximum Gasteiger partial charge on any atom is 0.222 e. The summed E-state index contributed by atoms with van der Waals surface area (Å²) in [5.41, 5.74) is 0.716. The number of benzene rings is 1. The standard InChI is InChI=1S/C15H20N2O3S2/c18-15(9-11-10-21-7-6-16-11)17-13-5-8-22(19,20)14-4-2-1-3-12(13)14/h1-4,11,13,16H,5-10H2,(H,17,18). The van der Waals surface area contributed by atoms with E-state index in [4.69, 9.17) is 0 Å². The van der Waals surface area contributed by atoms with E-state index in [9.17, 15) is 13.2 Å². The predicted molar refractivity (Wildman–Crippen MR) is 87.7 cm³/mol. The molecule has 1 saturated heterocycles. The molecule has 2 N–H and O–H groups in total. The van der Waals surface area contributed by atoms with Crippen LogP contribution in [0.5, 0.6) is 0 Å². The molecule has 22 heavy (non-hydrogen) atoms. The summed E-state index contributed by atoms with van der Waals surface area (Å²) in [5, 5.41) is 6.35. The van der Waals surface area contributed by atoms with E-state index in [2.05, 4.69) is 10.6 Å². The van der Waals surface area contributed by atoms with E-state index >= 15 is 0 Å². The van der Waals surface area contributed by atoms with Gasteiger partial charge in [-0.15, -0.1) is 0 Å². The molecule has 1 aromatic rings. The molecule has 1 amide bonds. The summed E-state index contributed by atoms with van der Waals surface area (Å²) in [4.78, 5) is 12.6. The molecule has 0 saturated carbocycles. The first-order chi connectivity index (χ1) is 10.6. The highest BCUT2D eigenvalue weighted by molar-refractivity contribution is 7.99. The molecule has 5 nitrogen and oxygen atoms in total. The molecule has 3 rings (SSSR count). The predicted octanol–water partition coefficient (Wildman–Crippen LogP) is 1.12. The van der Waals surface area contributed by atoms with Crippen molar-refractivity contribution in [3.63, 3.8) is 0 Å². The van der Waals surface area contributed by atoms with E-state index in [0.29, 0.717) is 23.3 Å². The van der Waals surface area contributed by atoms with Gasteiger partial charge in [0, 0.05) is 30.5 Å². The molecule has 7 heteroatoms. The van der Waals surface area contributed by atoms with Crippen LogP contribution in [0.2, 0.25) is 0 Å². The molecule has 2 unspecified atom stereocenters. The Bertz CT molecular complexity index is 655. The SMILES string of the molecule is O=C(CC1CSCCN1)NC1CCS(=O)(=O)c2ccccc21. The van der Waals surface area contributed by atoms with Crippen LogP contribution >= 0.6 is 11.8 Å². The van der Waals surface area contributed by atoms with E-state index in [1.807, 2.05) is 17.8 Å². The van der Waals surface area contributed by atoms with Crippen LogP contribution in [-0.4, -0.2) is 44.2 Å². The van der Waals surface area contributed by atoms with Crippen LogP contribution in [0.4, 0.5) is 0 Å². The molecular weight excluding hydrogens is 320 g/mol. The number of amides is 1. The summed E-state index contributed by atoms with van der Waals surface area (Å²) in [6.07, 6.45) is 0.885. The fourth-order valence-corrected chi connectivity index (χ4v) is 5.54. The number of sulfone groups is 1. The van der Waals surface area contributed by atoms with E-state index < -0.39 is 9.84 Å². The van der Waals surface area contributed by atoms with Gasteiger partial charge in [0.2, 0.25) is 5.91 Å². The van der Waals surface area contributed by atoms with E-state index in [1.54, 1.807) is 18.2 Å². The second-order valence-corrected chi connectivity index (χ2v) is 8.92. The largest absolute Gasteiger partial charge is 0.349 e. The Labute approximate surface area is 135 Å². The minimum atomic E-state index is -3.20. The van der Waals surface area contributed by atoms with Crippen molar-refractivity contribution >= 4 is 27.5 Å². The van der Waals surface area contributed by atoms with Gasteiger partial charge in [0.1, 0.15) is 0 Å². The highest BCUT2D eigenvalue weighted by Crippen LogP contribution is 2.31. The van der Waals surface area contributed by atoms with Crippen LogP contribution in [-0.2, 0) is 14.6 Å². The average Bonchev–Trinajstić information content (AvgIpc) is 2.51. The molecular formula is C15H20N2O3S2. The molecule has 2 heterocycles. The number of nitrogens with one attached hydrogen (secondary N) is 2. The molecule has 2 aliphatic heterocycles. The highest BCUT2D eigenvalue weighted by atomic mass is 32.2. The smallest absolute Gasteiger partial charge is 0.222 e. The molecule has 1 fully saturated rings. The van der Waals surface area contributed by atoms with Gasteiger partial charge >= 0.3 is 0 Å². The maximum absolute atomic E-state index is 12.2. The summed E-state index contributed by atoms with van der Waals surface area (Å²) in [5.74, 6) is 2.11. The lowest BCUT2D eigenvalue weighted by molar-refractivity contribution is -0.122. The van der Waals surface area contributed by atoms with Crippen LogP contribution < -0.4 is 10.6 Å². The summed E-state index contributed by atoms with van der Waals surface area (Å²) in [6.45, 7) is 0.938. The van der Waals surface area contributed by atoms with Crippen molar-refractivity contribution < 1.29 is 13.2 Å². The van der Waals surface area contributed by atoms with Gasteiger partial charge in [-0.1, -0.05) is 18.2 Å². The number of thioether (sulfide) groups is 1. The van der Waals surface area contributed by atoms with Gasteiger partial charge in [-0.25, -0.2) is 8.42 Å². The van der Waals surface area contributed by atoms with Crippen molar-refractivity contribution in [3.8, 4) is 0 Å². The fraction of sp³-hybridized carbons (Fsp3) is 0.533.